The normalized spacial score (nSPS) is 11.4. The van der Waals surface area contributed by atoms with E-state index in [9.17, 15) is 10.1 Å². The van der Waals surface area contributed by atoms with Crippen LogP contribution in [0.5, 0.6) is 5.75 Å². The van der Waals surface area contributed by atoms with Crippen LogP contribution in [0.25, 0.3) is 0 Å². The predicted octanol–water partition coefficient (Wildman–Crippen LogP) is 2.36. The van der Waals surface area contributed by atoms with Gasteiger partial charge in [-0.25, -0.2) is 0 Å². The van der Waals surface area contributed by atoms with Gasteiger partial charge in [0.15, 0.2) is 0 Å². The van der Waals surface area contributed by atoms with E-state index in [-0.39, 0.29) is 23.4 Å². The molecule has 1 rings (SSSR count). The second-order valence-electron chi connectivity index (χ2n) is 4.90. The summed E-state index contributed by atoms with van der Waals surface area (Å²) in [6.07, 6.45) is 0. The maximum atomic E-state index is 11.0. The van der Waals surface area contributed by atoms with Crippen LogP contribution in [0.3, 0.4) is 0 Å². The molecule has 0 aromatic heterocycles. The third-order valence-electron chi connectivity index (χ3n) is 2.63. The van der Waals surface area contributed by atoms with Crippen LogP contribution in [-0.2, 0) is 12.0 Å². The van der Waals surface area contributed by atoms with E-state index in [1.807, 2.05) is 26.8 Å². The van der Waals surface area contributed by atoms with Crippen LogP contribution in [-0.4, -0.2) is 12.0 Å². The molecule has 5 heteroatoms. The lowest BCUT2D eigenvalue weighted by Gasteiger charge is -2.20. The Morgan fingerprint density at radius 3 is 2.35 bits per heavy atom. The van der Waals surface area contributed by atoms with Gasteiger partial charge in [-0.3, -0.25) is 10.1 Å². The Bertz CT molecular complexity index is 436. The minimum atomic E-state index is -0.437. The zero-order chi connectivity index (χ0) is 13.2. The first-order valence-corrected chi connectivity index (χ1v) is 5.37. The number of hydrogen-bond donors (Lipinski definition) is 1. The summed E-state index contributed by atoms with van der Waals surface area (Å²) in [7, 11) is 1.41. The van der Waals surface area contributed by atoms with Gasteiger partial charge in [0, 0.05) is 18.2 Å². The van der Waals surface area contributed by atoms with E-state index >= 15 is 0 Å². The van der Waals surface area contributed by atoms with Crippen LogP contribution in [0.1, 0.15) is 31.9 Å². The summed E-state index contributed by atoms with van der Waals surface area (Å²) in [6.45, 7) is 6.21. The van der Waals surface area contributed by atoms with Gasteiger partial charge in [-0.05, 0) is 17.0 Å². The van der Waals surface area contributed by atoms with E-state index in [1.165, 1.54) is 7.11 Å². The monoisotopic (exact) mass is 238 g/mol. The molecule has 0 aliphatic rings. The molecule has 1 aromatic carbocycles. The number of nitro groups is 1. The molecule has 0 atom stereocenters. The SMILES string of the molecule is COc1c(CN)cc(C(C)(C)C)cc1[N+](=O)[O-]. The standard InChI is InChI=1S/C12H18N2O3/c1-12(2,3)9-5-8(7-13)11(17-4)10(6-9)14(15)16/h5-6H,7,13H2,1-4H3. The molecule has 0 heterocycles. The molecule has 0 amide bonds. The van der Waals surface area contributed by atoms with Crippen molar-refractivity contribution in [3.8, 4) is 5.75 Å². The molecule has 0 radical (unpaired) electrons. The second kappa shape index (κ2) is 4.71. The predicted molar refractivity (Wildman–Crippen MR) is 66.2 cm³/mol. The molecular formula is C12H18N2O3. The lowest BCUT2D eigenvalue weighted by atomic mass is 9.85. The molecule has 0 fully saturated rings. The topological polar surface area (TPSA) is 78.4 Å². The fourth-order valence-corrected chi connectivity index (χ4v) is 1.63. The van der Waals surface area contributed by atoms with Crippen molar-refractivity contribution in [2.75, 3.05) is 7.11 Å². The number of hydrogen-bond acceptors (Lipinski definition) is 4. The van der Waals surface area contributed by atoms with Gasteiger partial charge < -0.3 is 10.5 Å². The number of benzene rings is 1. The molecule has 1 aromatic rings. The number of nitrogens with zero attached hydrogens (tertiary/aromatic N) is 1. The number of methoxy groups -OCH3 is 1. The Kier molecular flexibility index (Phi) is 3.72. The van der Waals surface area contributed by atoms with Gasteiger partial charge in [-0.1, -0.05) is 20.8 Å². The third-order valence-corrected chi connectivity index (χ3v) is 2.63. The first kappa shape index (κ1) is 13.4. The van der Waals surface area contributed by atoms with Crippen molar-refractivity contribution in [3.63, 3.8) is 0 Å². The average molecular weight is 238 g/mol. The zero-order valence-corrected chi connectivity index (χ0v) is 10.6. The molecule has 0 saturated carbocycles. The maximum Gasteiger partial charge on any atom is 0.311 e. The summed E-state index contributed by atoms with van der Waals surface area (Å²) in [5.41, 5.74) is 6.95. The number of ether oxygens (including phenoxy) is 1. The van der Waals surface area contributed by atoms with Gasteiger partial charge in [0.05, 0.1) is 12.0 Å². The fraction of sp³-hybridized carbons (Fsp3) is 0.500. The van der Waals surface area contributed by atoms with Crippen molar-refractivity contribution in [1.29, 1.82) is 0 Å². The van der Waals surface area contributed by atoms with Crippen LogP contribution in [0.15, 0.2) is 12.1 Å². The highest BCUT2D eigenvalue weighted by Crippen LogP contribution is 2.36. The molecule has 0 spiro atoms. The van der Waals surface area contributed by atoms with Crippen LogP contribution < -0.4 is 10.5 Å². The summed E-state index contributed by atoms with van der Waals surface area (Å²) in [6, 6.07) is 3.42. The quantitative estimate of drug-likeness (QED) is 0.647. The molecule has 17 heavy (non-hydrogen) atoms. The molecule has 0 unspecified atom stereocenters. The Morgan fingerprint density at radius 2 is 2.00 bits per heavy atom. The smallest absolute Gasteiger partial charge is 0.311 e. The second-order valence-corrected chi connectivity index (χ2v) is 4.90. The van der Waals surface area contributed by atoms with Gasteiger partial charge in [0.1, 0.15) is 0 Å². The highest BCUT2D eigenvalue weighted by Gasteiger charge is 2.24. The van der Waals surface area contributed by atoms with Crippen molar-refractivity contribution in [3.05, 3.63) is 33.4 Å². The molecule has 0 bridgehead atoms. The average Bonchev–Trinajstić information content (AvgIpc) is 2.25. The lowest BCUT2D eigenvalue weighted by Crippen LogP contribution is -2.14. The van der Waals surface area contributed by atoms with Crippen molar-refractivity contribution < 1.29 is 9.66 Å². The molecule has 0 aliphatic carbocycles. The van der Waals surface area contributed by atoms with E-state index in [4.69, 9.17) is 10.5 Å². The Hall–Kier alpha value is -1.62. The van der Waals surface area contributed by atoms with E-state index in [2.05, 4.69) is 0 Å². The van der Waals surface area contributed by atoms with Gasteiger partial charge in [0.25, 0.3) is 0 Å². The molecule has 0 saturated heterocycles. The summed E-state index contributed by atoms with van der Waals surface area (Å²) in [5.74, 6) is 0.255. The van der Waals surface area contributed by atoms with Crippen LogP contribution in [0.2, 0.25) is 0 Å². The summed E-state index contributed by atoms with van der Waals surface area (Å²) in [4.78, 5) is 10.6. The van der Waals surface area contributed by atoms with Crippen LogP contribution in [0, 0.1) is 10.1 Å². The van der Waals surface area contributed by atoms with Gasteiger partial charge in [0.2, 0.25) is 5.75 Å². The largest absolute Gasteiger partial charge is 0.490 e. The molecule has 5 nitrogen and oxygen atoms in total. The van der Waals surface area contributed by atoms with Crippen molar-refractivity contribution in [2.24, 2.45) is 5.73 Å². The number of rotatable bonds is 3. The van der Waals surface area contributed by atoms with Crippen molar-refractivity contribution in [2.45, 2.75) is 32.7 Å². The first-order valence-electron chi connectivity index (χ1n) is 5.37. The minimum absolute atomic E-state index is 0.0274. The first-order chi connectivity index (χ1) is 7.81. The summed E-state index contributed by atoms with van der Waals surface area (Å²) in [5, 5.41) is 11.0. The maximum absolute atomic E-state index is 11.0. The summed E-state index contributed by atoms with van der Waals surface area (Å²) >= 11 is 0. The molecule has 0 aliphatic heterocycles. The van der Waals surface area contributed by atoms with E-state index in [1.54, 1.807) is 6.07 Å². The Labute approximate surface area is 101 Å². The number of nitrogens with two attached hydrogens (primary N) is 1. The summed E-state index contributed by atoms with van der Waals surface area (Å²) < 4.78 is 5.07. The zero-order valence-electron chi connectivity index (χ0n) is 10.6. The highest BCUT2D eigenvalue weighted by molar-refractivity contribution is 5.55. The van der Waals surface area contributed by atoms with Crippen LogP contribution in [0.4, 0.5) is 5.69 Å². The minimum Gasteiger partial charge on any atom is -0.490 e. The van der Waals surface area contributed by atoms with E-state index in [0.717, 1.165) is 5.56 Å². The van der Waals surface area contributed by atoms with Crippen molar-refractivity contribution >= 4 is 5.69 Å². The number of nitro benzene ring substituents is 1. The fourth-order valence-electron chi connectivity index (χ4n) is 1.63. The van der Waals surface area contributed by atoms with Gasteiger partial charge in [-0.2, -0.15) is 0 Å². The lowest BCUT2D eigenvalue weighted by molar-refractivity contribution is -0.385. The van der Waals surface area contributed by atoms with Gasteiger partial charge in [-0.15, -0.1) is 0 Å². The third kappa shape index (κ3) is 2.74. The van der Waals surface area contributed by atoms with Crippen LogP contribution >= 0.6 is 0 Å². The molecule has 2 N–H and O–H groups in total. The van der Waals surface area contributed by atoms with Gasteiger partial charge >= 0.3 is 5.69 Å². The molecule has 94 valence electrons. The highest BCUT2D eigenvalue weighted by atomic mass is 16.6. The molecular weight excluding hydrogens is 220 g/mol. The Morgan fingerprint density at radius 1 is 1.41 bits per heavy atom. The van der Waals surface area contributed by atoms with E-state index < -0.39 is 4.92 Å². The van der Waals surface area contributed by atoms with E-state index in [0.29, 0.717) is 5.56 Å². The Balaban J connectivity index is 3.51. The van der Waals surface area contributed by atoms with Crippen molar-refractivity contribution in [1.82, 2.24) is 0 Å².